The maximum atomic E-state index is 8.90. The summed E-state index contributed by atoms with van der Waals surface area (Å²) in [6, 6.07) is 10.5. The first-order valence-electron chi connectivity index (χ1n) is 5.83. The predicted molar refractivity (Wildman–Crippen MR) is 69.0 cm³/mol. The van der Waals surface area contributed by atoms with E-state index in [4.69, 9.17) is 10.00 Å². The maximum Gasteiger partial charge on any atom is 0.122 e. The van der Waals surface area contributed by atoms with Crippen molar-refractivity contribution in [3.63, 3.8) is 0 Å². The Bertz CT molecular complexity index is 397. The molecule has 0 saturated heterocycles. The van der Waals surface area contributed by atoms with E-state index >= 15 is 0 Å². The molecule has 3 nitrogen and oxygen atoms in total. The fourth-order valence-electron chi connectivity index (χ4n) is 1.81. The van der Waals surface area contributed by atoms with Crippen molar-refractivity contribution in [2.24, 2.45) is 0 Å². The van der Waals surface area contributed by atoms with Crippen LogP contribution in [-0.2, 0) is 6.42 Å². The molecule has 0 saturated carbocycles. The van der Waals surface area contributed by atoms with E-state index in [9.17, 15) is 0 Å². The molecule has 0 fully saturated rings. The summed E-state index contributed by atoms with van der Waals surface area (Å²) in [7, 11) is 3.67. The molecule has 0 bridgehead atoms. The zero-order valence-electron chi connectivity index (χ0n) is 11.0. The summed E-state index contributed by atoms with van der Waals surface area (Å²) >= 11 is 0. The lowest BCUT2D eigenvalue weighted by atomic mass is 10.0. The Morgan fingerprint density at radius 1 is 1.35 bits per heavy atom. The van der Waals surface area contributed by atoms with Gasteiger partial charge in [-0.1, -0.05) is 18.2 Å². The van der Waals surface area contributed by atoms with Crippen LogP contribution in [0.5, 0.6) is 5.75 Å². The van der Waals surface area contributed by atoms with Gasteiger partial charge < -0.3 is 4.74 Å². The zero-order valence-corrected chi connectivity index (χ0v) is 11.0. The molecule has 0 heterocycles. The fraction of sp³-hybridized carbons (Fsp3) is 0.500. The second-order valence-electron chi connectivity index (χ2n) is 4.34. The third-order valence-electron chi connectivity index (χ3n) is 3.20. The Balaban J connectivity index is 2.74. The van der Waals surface area contributed by atoms with Crippen LogP contribution in [0.15, 0.2) is 24.3 Å². The van der Waals surface area contributed by atoms with Gasteiger partial charge >= 0.3 is 0 Å². The van der Waals surface area contributed by atoms with Crippen molar-refractivity contribution in [3.8, 4) is 11.8 Å². The number of benzene rings is 1. The molecule has 92 valence electrons. The van der Waals surface area contributed by atoms with Crippen LogP contribution in [0.1, 0.15) is 19.4 Å². The van der Waals surface area contributed by atoms with Crippen molar-refractivity contribution >= 4 is 0 Å². The highest BCUT2D eigenvalue weighted by atomic mass is 16.5. The average Bonchev–Trinajstić information content (AvgIpc) is 2.37. The lowest BCUT2D eigenvalue weighted by molar-refractivity contribution is 0.228. The number of hydrogen-bond donors (Lipinski definition) is 0. The van der Waals surface area contributed by atoms with Crippen LogP contribution >= 0.6 is 0 Å². The van der Waals surface area contributed by atoms with Gasteiger partial charge in [0.05, 0.1) is 19.2 Å². The first-order chi connectivity index (χ1) is 8.10. The van der Waals surface area contributed by atoms with Gasteiger partial charge in [0.25, 0.3) is 0 Å². The van der Waals surface area contributed by atoms with Gasteiger partial charge in [0.1, 0.15) is 5.75 Å². The highest BCUT2D eigenvalue weighted by molar-refractivity contribution is 5.33. The first-order valence-corrected chi connectivity index (χ1v) is 5.83. The average molecular weight is 232 g/mol. The zero-order chi connectivity index (χ0) is 12.8. The van der Waals surface area contributed by atoms with Crippen LogP contribution < -0.4 is 4.74 Å². The largest absolute Gasteiger partial charge is 0.496 e. The molecule has 2 unspecified atom stereocenters. The van der Waals surface area contributed by atoms with Gasteiger partial charge in [0, 0.05) is 6.04 Å². The van der Waals surface area contributed by atoms with Gasteiger partial charge in [-0.05, 0) is 38.9 Å². The molecule has 0 aliphatic carbocycles. The predicted octanol–water partition coefficient (Wildman–Crippen LogP) is 2.47. The molecule has 17 heavy (non-hydrogen) atoms. The van der Waals surface area contributed by atoms with E-state index in [1.165, 1.54) is 5.56 Å². The summed E-state index contributed by atoms with van der Waals surface area (Å²) in [6.07, 6.45) is 0.881. The summed E-state index contributed by atoms with van der Waals surface area (Å²) in [5, 5.41) is 8.90. The van der Waals surface area contributed by atoms with Gasteiger partial charge in [-0.3, -0.25) is 4.90 Å². The molecule has 0 N–H and O–H groups in total. The SMILES string of the molecule is COc1ccccc1CC(C)N(C)C(C)C#N. The number of likely N-dealkylation sites (N-methyl/N-ethyl adjacent to an activating group) is 1. The Kier molecular flexibility index (Phi) is 4.99. The minimum absolute atomic E-state index is 0.0697. The molecular formula is C14H20N2O. The molecule has 0 aliphatic heterocycles. The van der Waals surface area contributed by atoms with Gasteiger partial charge in [-0.25, -0.2) is 0 Å². The summed E-state index contributed by atoms with van der Waals surface area (Å²) in [4.78, 5) is 2.08. The highest BCUT2D eigenvalue weighted by Gasteiger charge is 2.16. The number of para-hydroxylation sites is 1. The Morgan fingerprint density at radius 2 is 2.00 bits per heavy atom. The summed E-state index contributed by atoms with van der Waals surface area (Å²) < 4.78 is 5.33. The molecule has 3 heteroatoms. The van der Waals surface area contributed by atoms with Crippen LogP contribution in [-0.4, -0.2) is 31.1 Å². The van der Waals surface area contributed by atoms with E-state index in [1.54, 1.807) is 7.11 Å². The molecule has 2 atom stereocenters. The quantitative estimate of drug-likeness (QED) is 0.782. The number of nitrogens with zero attached hydrogens (tertiary/aromatic N) is 2. The van der Waals surface area contributed by atoms with Crippen LogP contribution in [0.25, 0.3) is 0 Å². The second-order valence-corrected chi connectivity index (χ2v) is 4.34. The second kappa shape index (κ2) is 6.27. The molecule has 0 amide bonds. The smallest absolute Gasteiger partial charge is 0.122 e. The van der Waals surface area contributed by atoms with E-state index in [0.717, 1.165) is 12.2 Å². The molecule has 1 aromatic carbocycles. The van der Waals surface area contributed by atoms with Crippen molar-refractivity contribution in [1.82, 2.24) is 4.90 Å². The lowest BCUT2D eigenvalue weighted by Gasteiger charge is -2.27. The van der Waals surface area contributed by atoms with Gasteiger partial charge in [0.15, 0.2) is 0 Å². The highest BCUT2D eigenvalue weighted by Crippen LogP contribution is 2.20. The summed E-state index contributed by atoms with van der Waals surface area (Å²) in [5.41, 5.74) is 1.18. The Hall–Kier alpha value is -1.53. The van der Waals surface area contributed by atoms with Gasteiger partial charge in [0.2, 0.25) is 0 Å². The van der Waals surface area contributed by atoms with E-state index in [1.807, 2.05) is 32.2 Å². The van der Waals surface area contributed by atoms with Crippen molar-refractivity contribution in [3.05, 3.63) is 29.8 Å². The Labute approximate surface area is 104 Å². The minimum Gasteiger partial charge on any atom is -0.496 e. The third-order valence-corrected chi connectivity index (χ3v) is 3.20. The summed E-state index contributed by atoms with van der Waals surface area (Å²) in [6.45, 7) is 4.04. The number of rotatable bonds is 5. The van der Waals surface area contributed by atoms with Crippen molar-refractivity contribution < 1.29 is 4.74 Å². The summed E-state index contributed by atoms with van der Waals surface area (Å²) in [5.74, 6) is 0.914. The maximum absolute atomic E-state index is 8.90. The molecule has 0 aliphatic rings. The monoisotopic (exact) mass is 232 g/mol. The molecule has 0 radical (unpaired) electrons. The number of ether oxygens (including phenoxy) is 1. The minimum atomic E-state index is -0.0697. The topological polar surface area (TPSA) is 36.3 Å². The van der Waals surface area contributed by atoms with E-state index in [0.29, 0.717) is 6.04 Å². The van der Waals surface area contributed by atoms with Crippen molar-refractivity contribution in [1.29, 1.82) is 5.26 Å². The van der Waals surface area contributed by atoms with Crippen LogP contribution in [0.2, 0.25) is 0 Å². The number of methoxy groups -OCH3 is 1. The van der Waals surface area contributed by atoms with Crippen LogP contribution in [0.4, 0.5) is 0 Å². The number of hydrogen-bond acceptors (Lipinski definition) is 3. The normalized spacial score (nSPS) is 14.1. The first kappa shape index (κ1) is 13.5. The fourth-order valence-corrected chi connectivity index (χ4v) is 1.81. The van der Waals surface area contributed by atoms with Crippen molar-refractivity contribution in [2.45, 2.75) is 32.4 Å². The number of nitriles is 1. The third kappa shape index (κ3) is 3.47. The van der Waals surface area contributed by atoms with Gasteiger partial charge in [-0.2, -0.15) is 5.26 Å². The van der Waals surface area contributed by atoms with E-state index in [2.05, 4.69) is 24.0 Å². The van der Waals surface area contributed by atoms with E-state index < -0.39 is 0 Å². The Morgan fingerprint density at radius 3 is 2.59 bits per heavy atom. The molecule has 0 spiro atoms. The van der Waals surface area contributed by atoms with E-state index in [-0.39, 0.29) is 6.04 Å². The lowest BCUT2D eigenvalue weighted by Crippen LogP contribution is -2.37. The molecule has 1 aromatic rings. The van der Waals surface area contributed by atoms with Crippen LogP contribution in [0.3, 0.4) is 0 Å². The standard InChI is InChI=1S/C14H20N2O/c1-11(16(3)12(2)10-15)9-13-7-5-6-8-14(13)17-4/h5-8,11-12H,9H2,1-4H3. The van der Waals surface area contributed by atoms with Gasteiger partial charge in [-0.15, -0.1) is 0 Å². The van der Waals surface area contributed by atoms with Crippen LogP contribution in [0, 0.1) is 11.3 Å². The molecule has 0 aromatic heterocycles. The molecular weight excluding hydrogens is 212 g/mol. The molecule has 1 rings (SSSR count). The van der Waals surface area contributed by atoms with Crippen molar-refractivity contribution in [2.75, 3.05) is 14.2 Å².